The van der Waals surface area contributed by atoms with Gasteiger partial charge in [-0.1, -0.05) is 22.0 Å². The number of nitrogens with zero attached hydrogens (tertiary/aromatic N) is 2. The van der Waals surface area contributed by atoms with Crippen molar-refractivity contribution in [2.24, 2.45) is 0 Å². The third kappa shape index (κ3) is 2.14. The van der Waals surface area contributed by atoms with Crippen LogP contribution in [0.15, 0.2) is 51.7 Å². The second-order valence-corrected chi connectivity index (χ2v) is 5.36. The van der Waals surface area contributed by atoms with E-state index in [1.165, 1.54) is 16.7 Å². The Morgan fingerprint density at radius 1 is 1.20 bits per heavy atom. The summed E-state index contributed by atoms with van der Waals surface area (Å²) in [5.41, 5.74) is 0.893. The molecule has 0 bridgehead atoms. The van der Waals surface area contributed by atoms with Gasteiger partial charge in [0.15, 0.2) is 0 Å². The molecule has 3 aromatic rings. The number of benzene rings is 2. The van der Waals surface area contributed by atoms with Crippen molar-refractivity contribution in [1.29, 1.82) is 0 Å². The normalized spacial score (nSPS) is 10.9. The molecular weight excluding hydrogens is 323 g/mol. The monoisotopic (exact) mass is 332 g/mol. The molecule has 100 valence electrons. The lowest BCUT2D eigenvalue weighted by molar-refractivity contribution is 0.626. The Morgan fingerprint density at radius 3 is 2.75 bits per heavy atom. The van der Waals surface area contributed by atoms with Crippen LogP contribution in [0.25, 0.3) is 16.6 Å². The van der Waals surface area contributed by atoms with Gasteiger partial charge in [-0.05, 0) is 43.3 Å². The van der Waals surface area contributed by atoms with E-state index in [-0.39, 0.29) is 11.4 Å². The van der Waals surface area contributed by atoms with Crippen LogP contribution in [-0.2, 0) is 0 Å². The fourth-order valence-corrected chi connectivity index (χ4v) is 2.55. The molecule has 3 nitrogen and oxygen atoms in total. The topological polar surface area (TPSA) is 34.9 Å². The summed E-state index contributed by atoms with van der Waals surface area (Å²) in [6.07, 6.45) is 0. The molecule has 0 N–H and O–H groups in total. The van der Waals surface area contributed by atoms with Gasteiger partial charge in [0.25, 0.3) is 5.56 Å². The van der Waals surface area contributed by atoms with Crippen LogP contribution in [0.2, 0.25) is 0 Å². The van der Waals surface area contributed by atoms with Crippen LogP contribution in [-0.4, -0.2) is 9.55 Å². The van der Waals surface area contributed by atoms with E-state index >= 15 is 0 Å². The summed E-state index contributed by atoms with van der Waals surface area (Å²) >= 11 is 3.34. The minimum absolute atomic E-state index is 0.209. The van der Waals surface area contributed by atoms with Gasteiger partial charge >= 0.3 is 0 Å². The first-order chi connectivity index (χ1) is 9.56. The van der Waals surface area contributed by atoms with Crippen LogP contribution >= 0.6 is 15.9 Å². The second-order valence-electron chi connectivity index (χ2n) is 4.44. The highest BCUT2D eigenvalue weighted by molar-refractivity contribution is 9.10. The number of aromatic nitrogens is 2. The first-order valence-electron chi connectivity index (χ1n) is 6.01. The number of hydrogen-bond donors (Lipinski definition) is 0. The van der Waals surface area contributed by atoms with Crippen molar-refractivity contribution in [2.45, 2.75) is 6.92 Å². The highest BCUT2D eigenvalue weighted by Crippen LogP contribution is 2.17. The summed E-state index contributed by atoms with van der Waals surface area (Å²) < 4.78 is 15.6. The highest BCUT2D eigenvalue weighted by atomic mass is 79.9. The number of hydrogen-bond acceptors (Lipinski definition) is 2. The Balaban J connectivity index is 2.39. The molecule has 0 amide bonds. The van der Waals surface area contributed by atoms with Crippen LogP contribution in [0.1, 0.15) is 5.82 Å². The predicted molar refractivity (Wildman–Crippen MR) is 79.7 cm³/mol. The van der Waals surface area contributed by atoms with Gasteiger partial charge in [0, 0.05) is 4.47 Å². The van der Waals surface area contributed by atoms with Crippen molar-refractivity contribution in [1.82, 2.24) is 9.55 Å². The SMILES string of the molecule is Cc1nc2ccc(Br)cc2c(=O)n1-c1cccc(F)c1. The van der Waals surface area contributed by atoms with Gasteiger partial charge in [-0.15, -0.1) is 0 Å². The summed E-state index contributed by atoms with van der Waals surface area (Å²) in [6, 6.07) is 11.3. The van der Waals surface area contributed by atoms with Crippen molar-refractivity contribution in [3.63, 3.8) is 0 Å². The van der Waals surface area contributed by atoms with E-state index in [2.05, 4.69) is 20.9 Å². The van der Waals surface area contributed by atoms with Crippen LogP contribution < -0.4 is 5.56 Å². The zero-order valence-electron chi connectivity index (χ0n) is 10.6. The third-order valence-electron chi connectivity index (χ3n) is 3.06. The molecule has 0 unspecified atom stereocenters. The van der Waals surface area contributed by atoms with E-state index in [4.69, 9.17) is 0 Å². The maximum Gasteiger partial charge on any atom is 0.266 e. The van der Waals surface area contributed by atoms with E-state index in [1.54, 1.807) is 31.2 Å². The fraction of sp³-hybridized carbons (Fsp3) is 0.0667. The Kier molecular flexibility index (Phi) is 3.14. The first-order valence-corrected chi connectivity index (χ1v) is 6.80. The second kappa shape index (κ2) is 4.83. The Morgan fingerprint density at radius 2 is 2.00 bits per heavy atom. The fourth-order valence-electron chi connectivity index (χ4n) is 2.19. The first kappa shape index (κ1) is 13.0. The lowest BCUT2D eigenvalue weighted by Crippen LogP contribution is -2.22. The summed E-state index contributed by atoms with van der Waals surface area (Å²) in [5, 5.41) is 0.495. The standard InChI is InChI=1S/C15H10BrFN2O/c1-9-18-14-6-5-10(16)7-13(14)15(20)19(9)12-4-2-3-11(17)8-12/h2-8H,1H3. The van der Waals surface area contributed by atoms with Crippen LogP contribution in [0.4, 0.5) is 4.39 Å². The van der Waals surface area contributed by atoms with Gasteiger partial charge in [-0.25, -0.2) is 9.37 Å². The van der Waals surface area contributed by atoms with E-state index < -0.39 is 0 Å². The molecule has 0 aliphatic heterocycles. The molecule has 0 spiro atoms. The highest BCUT2D eigenvalue weighted by Gasteiger charge is 2.10. The Hall–Kier alpha value is -2.01. The zero-order valence-corrected chi connectivity index (χ0v) is 12.2. The smallest absolute Gasteiger partial charge is 0.266 e. The number of fused-ring (bicyclic) bond motifs is 1. The molecule has 0 fully saturated rings. The van der Waals surface area contributed by atoms with Crippen molar-refractivity contribution in [3.8, 4) is 5.69 Å². The average molecular weight is 333 g/mol. The van der Waals surface area contributed by atoms with Gasteiger partial charge in [-0.3, -0.25) is 9.36 Å². The molecule has 0 aliphatic carbocycles. The average Bonchev–Trinajstić information content (AvgIpc) is 2.40. The minimum atomic E-state index is -0.386. The van der Waals surface area contributed by atoms with Crippen molar-refractivity contribution >= 4 is 26.8 Å². The van der Waals surface area contributed by atoms with Gasteiger partial charge in [-0.2, -0.15) is 0 Å². The molecule has 1 heterocycles. The molecule has 5 heteroatoms. The molecular formula is C15H10BrFN2O. The van der Waals surface area contributed by atoms with E-state index in [1.807, 2.05) is 6.07 Å². The van der Waals surface area contributed by atoms with Crippen molar-refractivity contribution in [3.05, 3.63) is 68.9 Å². The largest absolute Gasteiger partial charge is 0.268 e. The Bertz CT molecular complexity index is 873. The quantitative estimate of drug-likeness (QED) is 0.682. The zero-order chi connectivity index (χ0) is 14.3. The lowest BCUT2D eigenvalue weighted by Gasteiger charge is -2.11. The molecule has 3 rings (SSSR count). The molecule has 1 aromatic heterocycles. The number of aryl methyl sites for hydroxylation is 1. The van der Waals surface area contributed by atoms with Crippen LogP contribution in [0.3, 0.4) is 0 Å². The van der Waals surface area contributed by atoms with Gasteiger partial charge in [0.05, 0.1) is 16.6 Å². The van der Waals surface area contributed by atoms with Gasteiger partial charge < -0.3 is 0 Å². The molecule has 0 saturated carbocycles. The minimum Gasteiger partial charge on any atom is -0.268 e. The predicted octanol–water partition coefficient (Wildman–Crippen LogP) is 3.60. The maximum absolute atomic E-state index is 13.4. The lowest BCUT2D eigenvalue weighted by atomic mass is 10.2. The van der Waals surface area contributed by atoms with E-state index in [0.29, 0.717) is 22.4 Å². The maximum atomic E-state index is 13.4. The summed E-state index contributed by atoms with van der Waals surface area (Å²) in [4.78, 5) is 17.0. The summed E-state index contributed by atoms with van der Waals surface area (Å²) in [5.74, 6) is 0.138. The third-order valence-corrected chi connectivity index (χ3v) is 3.56. The molecule has 0 saturated heterocycles. The molecule has 2 aromatic carbocycles. The summed E-state index contributed by atoms with van der Waals surface area (Å²) in [6.45, 7) is 1.73. The number of halogens is 2. The number of rotatable bonds is 1. The summed E-state index contributed by atoms with van der Waals surface area (Å²) in [7, 11) is 0. The molecule has 0 radical (unpaired) electrons. The van der Waals surface area contributed by atoms with Gasteiger partial charge in [0.1, 0.15) is 11.6 Å². The van der Waals surface area contributed by atoms with Crippen molar-refractivity contribution in [2.75, 3.05) is 0 Å². The van der Waals surface area contributed by atoms with Crippen LogP contribution in [0.5, 0.6) is 0 Å². The molecule has 0 atom stereocenters. The van der Waals surface area contributed by atoms with E-state index in [0.717, 1.165) is 4.47 Å². The van der Waals surface area contributed by atoms with Gasteiger partial charge in [0.2, 0.25) is 0 Å². The van der Waals surface area contributed by atoms with Crippen LogP contribution in [0, 0.1) is 12.7 Å². The Labute approximate surface area is 122 Å². The van der Waals surface area contributed by atoms with Crippen molar-refractivity contribution < 1.29 is 4.39 Å². The molecule has 0 aliphatic rings. The molecule has 20 heavy (non-hydrogen) atoms. The van der Waals surface area contributed by atoms with E-state index in [9.17, 15) is 9.18 Å².